The molecule has 1 fully saturated rings. The predicted octanol–water partition coefficient (Wildman–Crippen LogP) is 1.32. The molecule has 0 aliphatic carbocycles. The van der Waals surface area contributed by atoms with Crippen LogP contribution in [0.2, 0.25) is 0 Å². The Morgan fingerprint density at radius 2 is 2.36 bits per heavy atom. The number of hydrogen-bond acceptors (Lipinski definition) is 3. The highest BCUT2D eigenvalue weighted by molar-refractivity contribution is 5.81. The van der Waals surface area contributed by atoms with Gasteiger partial charge in [0, 0.05) is 45.2 Å². The normalized spacial score (nSPS) is 26.5. The van der Waals surface area contributed by atoms with Gasteiger partial charge in [-0.05, 0) is 13.3 Å². The number of carbonyl (C=O) groups excluding carboxylic acids is 1. The highest BCUT2D eigenvalue weighted by atomic mass is 16.5. The van der Waals surface area contributed by atoms with E-state index in [0.29, 0.717) is 11.8 Å². The van der Waals surface area contributed by atoms with E-state index >= 15 is 0 Å². The monoisotopic (exact) mass is 199 g/mol. The van der Waals surface area contributed by atoms with Crippen LogP contribution in [-0.2, 0) is 9.53 Å². The second-order valence-corrected chi connectivity index (χ2v) is 4.24. The molecule has 1 aliphatic rings. The molecule has 0 aromatic heterocycles. The van der Waals surface area contributed by atoms with Gasteiger partial charge >= 0.3 is 0 Å². The third-order valence-corrected chi connectivity index (χ3v) is 3.07. The number of likely N-dealkylation sites (tertiary alicyclic amines) is 1. The zero-order chi connectivity index (χ0) is 10.6. The fourth-order valence-corrected chi connectivity index (χ4v) is 1.92. The minimum absolute atomic E-state index is 0.216. The van der Waals surface area contributed by atoms with Crippen molar-refractivity contribution in [2.75, 3.05) is 26.8 Å². The summed E-state index contributed by atoms with van der Waals surface area (Å²) < 4.78 is 5.06. The van der Waals surface area contributed by atoms with Crippen molar-refractivity contribution in [2.45, 2.75) is 32.7 Å². The summed E-state index contributed by atoms with van der Waals surface area (Å²) >= 11 is 0. The Hall–Kier alpha value is -0.410. The van der Waals surface area contributed by atoms with Crippen LogP contribution >= 0.6 is 0 Å². The first-order chi connectivity index (χ1) is 6.65. The van der Waals surface area contributed by atoms with Gasteiger partial charge in [0.15, 0.2) is 0 Å². The van der Waals surface area contributed by atoms with Crippen LogP contribution in [0.1, 0.15) is 26.7 Å². The lowest BCUT2D eigenvalue weighted by Gasteiger charge is -2.34. The fourth-order valence-electron chi connectivity index (χ4n) is 1.92. The molecule has 3 nitrogen and oxygen atoms in total. The summed E-state index contributed by atoms with van der Waals surface area (Å²) in [5.74, 6) is 0.633. The highest BCUT2D eigenvalue weighted by Gasteiger charge is 2.25. The van der Waals surface area contributed by atoms with Crippen molar-refractivity contribution in [1.29, 1.82) is 0 Å². The molecule has 14 heavy (non-hydrogen) atoms. The Bertz CT molecular complexity index is 194. The van der Waals surface area contributed by atoms with Crippen molar-refractivity contribution in [3.8, 4) is 0 Å². The third kappa shape index (κ3) is 3.07. The summed E-state index contributed by atoms with van der Waals surface area (Å²) in [6.07, 6.45) is 1.77. The number of Topliss-reactive ketones (excluding diaryl/α,β-unsaturated/α-hetero) is 1. The van der Waals surface area contributed by atoms with E-state index in [1.54, 1.807) is 7.11 Å². The largest absolute Gasteiger partial charge is 0.385 e. The molecule has 1 rings (SSSR count). The smallest absolute Gasteiger partial charge is 0.138 e. The number of piperidine rings is 1. The van der Waals surface area contributed by atoms with Crippen LogP contribution in [0.15, 0.2) is 0 Å². The molecule has 0 bridgehead atoms. The lowest BCUT2D eigenvalue weighted by atomic mass is 9.97. The molecule has 2 unspecified atom stereocenters. The molecule has 0 aromatic rings. The van der Waals surface area contributed by atoms with Gasteiger partial charge in [-0.1, -0.05) is 6.92 Å². The number of hydrogen-bond donors (Lipinski definition) is 0. The minimum Gasteiger partial charge on any atom is -0.385 e. The molecule has 0 radical (unpaired) electrons. The Morgan fingerprint density at radius 1 is 1.64 bits per heavy atom. The molecule has 1 saturated heterocycles. The van der Waals surface area contributed by atoms with Crippen molar-refractivity contribution in [2.24, 2.45) is 5.92 Å². The van der Waals surface area contributed by atoms with E-state index in [0.717, 1.165) is 32.5 Å². The predicted molar refractivity (Wildman–Crippen MR) is 56.3 cm³/mol. The molecule has 1 aliphatic heterocycles. The molecule has 1 heterocycles. The van der Waals surface area contributed by atoms with Crippen LogP contribution in [0.5, 0.6) is 0 Å². The average Bonchev–Trinajstić information content (AvgIpc) is 2.18. The van der Waals surface area contributed by atoms with Crippen LogP contribution in [0, 0.1) is 5.92 Å². The zero-order valence-corrected chi connectivity index (χ0v) is 9.45. The van der Waals surface area contributed by atoms with Gasteiger partial charge in [0.2, 0.25) is 0 Å². The van der Waals surface area contributed by atoms with E-state index in [9.17, 15) is 4.79 Å². The first-order valence-corrected chi connectivity index (χ1v) is 5.41. The topological polar surface area (TPSA) is 29.5 Å². The first kappa shape index (κ1) is 11.7. The maximum absolute atomic E-state index is 11.3. The molecule has 0 amide bonds. The van der Waals surface area contributed by atoms with Gasteiger partial charge in [0.05, 0.1) is 0 Å². The number of methoxy groups -OCH3 is 1. The highest BCUT2D eigenvalue weighted by Crippen LogP contribution is 2.16. The molecule has 2 atom stereocenters. The van der Waals surface area contributed by atoms with Crippen molar-refractivity contribution in [3.63, 3.8) is 0 Å². The van der Waals surface area contributed by atoms with Gasteiger partial charge in [-0.2, -0.15) is 0 Å². The summed E-state index contributed by atoms with van der Waals surface area (Å²) in [6.45, 7) is 6.89. The fraction of sp³-hybridized carbons (Fsp3) is 0.909. The van der Waals surface area contributed by atoms with Gasteiger partial charge in [-0.15, -0.1) is 0 Å². The van der Waals surface area contributed by atoms with Crippen molar-refractivity contribution in [1.82, 2.24) is 4.90 Å². The molecular weight excluding hydrogens is 178 g/mol. The Morgan fingerprint density at radius 3 is 2.93 bits per heavy atom. The Labute approximate surface area is 86.4 Å². The number of ether oxygens (including phenoxy) is 1. The van der Waals surface area contributed by atoms with E-state index < -0.39 is 0 Å². The molecular formula is C11H21NO2. The Kier molecular flexibility index (Phi) is 4.55. The summed E-state index contributed by atoms with van der Waals surface area (Å²) in [6, 6.07) is 0.533. The molecule has 82 valence electrons. The number of ketones is 1. The molecule has 0 saturated carbocycles. The average molecular weight is 199 g/mol. The summed E-state index contributed by atoms with van der Waals surface area (Å²) in [5, 5.41) is 0. The second kappa shape index (κ2) is 5.47. The van der Waals surface area contributed by atoms with Crippen molar-refractivity contribution >= 4 is 5.78 Å². The second-order valence-electron chi connectivity index (χ2n) is 4.24. The van der Waals surface area contributed by atoms with E-state index in [1.165, 1.54) is 0 Å². The lowest BCUT2D eigenvalue weighted by molar-refractivity contribution is -0.126. The van der Waals surface area contributed by atoms with Crippen LogP contribution in [0.3, 0.4) is 0 Å². The Balaban J connectivity index is 2.34. The molecule has 3 heteroatoms. The van der Waals surface area contributed by atoms with Gasteiger partial charge < -0.3 is 4.74 Å². The zero-order valence-electron chi connectivity index (χ0n) is 9.45. The molecule has 0 N–H and O–H groups in total. The first-order valence-electron chi connectivity index (χ1n) is 5.41. The van der Waals surface area contributed by atoms with E-state index in [2.05, 4.69) is 11.8 Å². The third-order valence-electron chi connectivity index (χ3n) is 3.07. The van der Waals surface area contributed by atoms with Gasteiger partial charge in [0.25, 0.3) is 0 Å². The van der Waals surface area contributed by atoms with Crippen LogP contribution in [-0.4, -0.2) is 43.5 Å². The standard InChI is InChI=1S/C11H21NO2/c1-9-8-12(6-4-11(9)13)10(2)5-7-14-3/h9-10H,4-8H2,1-3H3. The van der Waals surface area contributed by atoms with Gasteiger partial charge in [0.1, 0.15) is 5.78 Å². The molecule has 0 aromatic carbocycles. The van der Waals surface area contributed by atoms with E-state index in [4.69, 9.17) is 4.74 Å². The molecule has 0 spiro atoms. The SMILES string of the molecule is COCCC(C)N1CCC(=O)C(C)C1. The lowest BCUT2D eigenvalue weighted by Crippen LogP contribution is -2.44. The summed E-state index contributed by atoms with van der Waals surface area (Å²) in [7, 11) is 1.73. The van der Waals surface area contributed by atoms with Crippen molar-refractivity contribution in [3.05, 3.63) is 0 Å². The number of rotatable bonds is 4. The number of carbonyl (C=O) groups is 1. The van der Waals surface area contributed by atoms with Crippen LogP contribution in [0.4, 0.5) is 0 Å². The summed E-state index contributed by atoms with van der Waals surface area (Å²) in [4.78, 5) is 13.7. The van der Waals surface area contributed by atoms with E-state index in [-0.39, 0.29) is 5.92 Å². The maximum atomic E-state index is 11.3. The van der Waals surface area contributed by atoms with Crippen LogP contribution < -0.4 is 0 Å². The van der Waals surface area contributed by atoms with Gasteiger partial charge in [-0.3, -0.25) is 9.69 Å². The quantitative estimate of drug-likeness (QED) is 0.684. The minimum atomic E-state index is 0.216. The van der Waals surface area contributed by atoms with Crippen LogP contribution in [0.25, 0.3) is 0 Å². The van der Waals surface area contributed by atoms with Gasteiger partial charge in [-0.25, -0.2) is 0 Å². The number of nitrogens with zero attached hydrogens (tertiary/aromatic N) is 1. The summed E-state index contributed by atoms with van der Waals surface area (Å²) in [5.41, 5.74) is 0. The van der Waals surface area contributed by atoms with Crippen molar-refractivity contribution < 1.29 is 9.53 Å². The maximum Gasteiger partial charge on any atom is 0.138 e. The van der Waals surface area contributed by atoms with E-state index in [1.807, 2.05) is 6.92 Å².